The SMILES string of the molecule is CC.CC(C)(C)C.CCNC(=O)/N=C(\N)Sc1c(C)cc(/C2=C/NC=NCCC(C)(C(=O)OCC)CCN=C2)cc1CN(C)c1ncccn1. The van der Waals surface area contributed by atoms with Crippen LogP contribution in [0.2, 0.25) is 0 Å². The van der Waals surface area contributed by atoms with Crippen LogP contribution in [0, 0.1) is 17.8 Å². The van der Waals surface area contributed by atoms with Crippen LogP contribution in [-0.4, -0.2) is 73.0 Å². The number of thioether (sulfide) groups is 1. The summed E-state index contributed by atoms with van der Waals surface area (Å²) in [6.07, 6.45) is 9.78. The fourth-order valence-corrected chi connectivity index (χ4v) is 5.18. The molecule has 4 N–H and O–H groups in total. The second-order valence-corrected chi connectivity index (χ2v) is 14.2. The van der Waals surface area contributed by atoms with Gasteiger partial charge in [0.05, 0.1) is 18.4 Å². The van der Waals surface area contributed by atoms with Crippen LogP contribution in [0.3, 0.4) is 0 Å². The van der Waals surface area contributed by atoms with Gasteiger partial charge in [-0.15, -0.1) is 0 Å². The van der Waals surface area contributed by atoms with Crippen molar-refractivity contribution in [3.63, 3.8) is 0 Å². The molecule has 0 aliphatic carbocycles. The number of amidine groups is 1. The lowest BCUT2D eigenvalue weighted by molar-refractivity contribution is -0.155. The molecule has 1 unspecified atom stereocenters. The molecule has 0 spiro atoms. The molecule has 2 aromatic rings. The maximum Gasteiger partial charge on any atom is 0.343 e. The van der Waals surface area contributed by atoms with Gasteiger partial charge in [0, 0.05) is 68.5 Å². The van der Waals surface area contributed by atoms with Crippen LogP contribution in [0.5, 0.6) is 0 Å². The number of aliphatic imine (C=N–C) groups is 3. The van der Waals surface area contributed by atoms with E-state index in [1.807, 2.05) is 65.8 Å². The first-order valence-electron chi connectivity index (χ1n) is 17.2. The summed E-state index contributed by atoms with van der Waals surface area (Å²) >= 11 is 1.23. The molecule has 12 nitrogen and oxygen atoms in total. The van der Waals surface area contributed by atoms with Crippen molar-refractivity contribution < 1.29 is 14.3 Å². The summed E-state index contributed by atoms with van der Waals surface area (Å²) in [5.41, 5.74) is 9.63. The molecule has 1 aliphatic rings. The van der Waals surface area contributed by atoms with Gasteiger partial charge in [-0.2, -0.15) is 4.99 Å². The summed E-state index contributed by atoms with van der Waals surface area (Å²) in [6.45, 7) is 22.5. The molecule has 0 bridgehead atoms. The number of hydrogen-bond donors (Lipinski definition) is 3. The predicted octanol–water partition coefficient (Wildman–Crippen LogP) is 7.03. The first-order valence-corrected chi connectivity index (χ1v) is 18.0. The van der Waals surface area contributed by atoms with Gasteiger partial charge in [0.2, 0.25) is 5.95 Å². The molecule has 13 heteroatoms. The normalized spacial score (nSPS) is 17.5. The van der Waals surface area contributed by atoms with Crippen molar-refractivity contribution >= 4 is 53.0 Å². The monoisotopic (exact) mass is 709 g/mol. The zero-order chi connectivity index (χ0) is 37.7. The van der Waals surface area contributed by atoms with Crippen molar-refractivity contribution in [1.82, 2.24) is 20.6 Å². The highest BCUT2D eigenvalue weighted by molar-refractivity contribution is 8.14. The molecule has 1 aromatic carbocycles. The van der Waals surface area contributed by atoms with Crippen molar-refractivity contribution in [3.8, 4) is 0 Å². The number of nitrogens with zero attached hydrogens (tertiary/aromatic N) is 6. The first-order chi connectivity index (χ1) is 23.7. The maximum absolute atomic E-state index is 12.7. The quantitative estimate of drug-likeness (QED) is 0.113. The van der Waals surface area contributed by atoms with E-state index in [4.69, 9.17) is 10.5 Å². The molecule has 2 heterocycles. The lowest BCUT2D eigenvalue weighted by Gasteiger charge is -2.26. The Morgan fingerprint density at radius 2 is 1.72 bits per heavy atom. The molecule has 50 heavy (non-hydrogen) atoms. The lowest BCUT2D eigenvalue weighted by Crippen LogP contribution is -2.32. The van der Waals surface area contributed by atoms with E-state index >= 15 is 0 Å². The summed E-state index contributed by atoms with van der Waals surface area (Å²) in [6, 6.07) is 5.37. The summed E-state index contributed by atoms with van der Waals surface area (Å²) in [4.78, 5) is 49.4. The minimum absolute atomic E-state index is 0.135. The number of benzene rings is 1. The number of urea groups is 1. The van der Waals surface area contributed by atoms with E-state index in [0.29, 0.717) is 57.0 Å². The smallest absolute Gasteiger partial charge is 0.343 e. The van der Waals surface area contributed by atoms with Crippen LogP contribution in [0.25, 0.3) is 5.57 Å². The number of aryl methyl sites for hydroxylation is 1. The van der Waals surface area contributed by atoms with Gasteiger partial charge in [-0.1, -0.05) is 59.4 Å². The fourth-order valence-electron chi connectivity index (χ4n) is 4.37. The van der Waals surface area contributed by atoms with E-state index in [0.717, 1.165) is 27.2 Å². The van der Waals surface area contributed by atoms with E-state index in [2.05, 4.69) is 69.3 Å². The van der Waals surface area contributed by atoms with Gasteiger partial charge in [0.1, 0.15) is 0 Å². The summed E-state index contributed by atoms with van der Waals surface area (Å²) in [5.74, 6) is 0.343. The third kappa shape index (κ3) is 16.4. The Bertz CT molecular complexity index is 1460. The van der Waals surface area contributed by atoms with Crippen molar-refractivity contribution in [2.24, 2.45) is 31.5 Å². The number of nitrogens with one attached hydrogen (secondary N) is 2. The highest BCUT2D eigenvalue weighted by Crippen LogP contribution is 2.32. The van der Waals surface area contributed by atoms with Crippen LogP contribution < -0.4 is 21.3 Å². The third-order valence-corrected chi connectivity index (χ3v) is 7.81. The van der Waals surface area contributed by atoms with Crippen molar-refractivity contribution in [2.45, 2.75) is 93.5 Å². The lowest BCUT2D eigenvalue weighted by atomic mass is 9.83. The number of esters is 1. The molecular formula is C37H59N9O3S. The Morgan fingerprint density at radius 1 is 1.10 bits per heavy atom. The second-order valence-electron chi connectivity index (χ2n) is 13.2. The van der Waals surface area contributed by atoms with E-state index in [-0.39, 0.29) is 11.1 Å². The second kappa shape index (κ2) is 22.5. The Balaban J connectivity index is 0.00000163. The zero-order valence-corrected chi connectivity index (χ0v) is 32.8. The molecular weight excluding hydrogens is 651 g/mol. The molecule has 3 rings (SSSR count). The van der Waals surface area contributed by atoms with E-state index in [9.17, 15) is 9.59 Å². The number of allylic oxidation sites excluding steroid dienone is 1. The molecule has 0 fully saturated rings. The molecule has 1 aliphatic heterocycles. The molecule has 1 aromatic heterocycles. The Morgan fingerprint density at radius 3 is 2.32 bits per heavy atom. The van der Waals surface area contributed by atoms with Gasteiger partial charge < -0.3 is 26.0 Å². The zero-order valence-electron chi connectivity index (χ0n) is 32.0. The number of rotatable bonds is 8. The van der Waals surface area contributed by atoms with Crippen LogP contribution in [-0.2, 0) is 16.1 Å². The van der Waals surface area contributed by atoms with Crippen molar-refractivity contribution in [3.05, 3.63) is 53.5 Å². The number of aromatic nitrogens is 2. The molecule has 0 saturated heterocycles. The minimum atomic E-state index is -0.671. The number of ether oxygens (including phenoxy) is 1. The Hall–Kier alpha value is -4.26. The highest BCUT2D eigenvalue weighted by Gasteiger charge is 2.33. The van der Waals surface area contributed by atoms with E-state index < -0.39 is 11.4 Å². The molecule has 0 saturated carbocycles. The summed E-state index contributed by atoms with van der Waals surface area (Å²) < 4.78 is 5.34. The summed E-state index contributed by atoms with van der Waals surface area (Å²) in [5, 5.41) is 5.91. The molecule has 1 atom stereocenters. The predicted molar refractivity (Wildman–Crippen MR) is 210 cm³/mol. The standard InChI is InChI=1S/C30H41N9O3S.C5H12.C2H6/c1-6-35-29(41)38-27(31)43-25-21(3)15-22(16-23(25)19-39(5)28-36-11-8-12-37-28)24-17-32-13-9-30(4,26(40)42-7-2)10-14-33-20-34-18-24;1-5(2,3)4;1-2/h8,11-12,15-18,20H,6-7,9-10,13-14,19H2,1-5H3,(H,33,34)(H3,31,35,38,41);1-4H3;1-2H3/b24-18+,32-17?;;. The average Bonchev–Trinajstić information content (AvgIpc) is 3.05. The number of carbonyl (C=O) groups excluding carboxylic acids is 2. The minimum Gasteiger partial charge on any atom is -0.466 e. The van der Waals surface area contributed by atoms with E-state index in [1.54, 1.807) is 31.0 Å². The molecule has 276 valence electrons. The van der Waals surface area contributed by atoms with Crippen LogP contribution in [0.15, 0.2) is 56.7 Å². The van der Waals surface area contributed by atoms with Crippen LogP contribution >= 0.6 is 11.8 Å². The first kappa shape index (κ1) is 43.8. The van der Waals surface area contributed by atoms with Gasteiger partial charge in [0.25, 0.3) is 0 Å². The van der Waals surface area contributed by atoms with Gasteiger partial charge in [-0.3, -0.25) is 14.8 Å². The van der Waals surface area contributed by atoms with Crippen molar-refractivity contribution in [2.75, 3.05) is 38.2 Å². The fraction of sp³-hybridized carbons (Fsp3) is 0.541. The maximum atomic E-state index is 12.7. The number of carbonyl (C=O) groups is 2. The third-order valence-electron chi connectivity index (χ3n) is 6.72. The van der Waals surface area contributed by atoms with Gasteiger partial charge >= 0.3 is 12.0 Å². The van der Waals surface area contributed by atoms with Gasteiger partial charge in [-0.25, -0.2) is 14.8 Å². The number of nitrogens with two attached hydrogens (primary N) is 1. The van der Waals surface area contributed by atoms with Crippen molar-refractivity contribution in [1.29, 1.82) is 0 Å². The number of amides is 2. The van der Waals surface area contributed by atoms with Crippen LogP contribution in [0.1, 0.15) is 91.8 Å². The average molecular weight is 710 g/mol. The largest absolute Gasteiger partial charge is 0.466 e. The topological polar surface area (TPSA) is 160 Å². The van der Waals surface area contributed by atoms with Crippen LogP contribution in [0.4, 0.5) is 10.7 Å². The number of anilines is 1. The number of hydrogen-bond acceptors (Lipinski definition) is 10. The highest BCUT2D eigenvalue weighted by atomic mass is 32.2. The Kier molecular flexibility index (Phi) is 19.7. The molecule has 2 amide bonds. The molecule has 0 radical (unpaired) electrons. The van der Waals surface area contributed by atoms with E-state index in [1.165, 1.54) is 11.8 Å². The summed E-state index contributed by atoms with van der Waals surface area (Å²) in [7, 11) is 1.91. The Labute approximate surface area is 304 Å². The van der Waals surface area contributed by atoms with Gasteiger partial charge in [-0.05, 0) is 74.8 Å². The van der Waals surface area contributed by atoms with Gasteiger partial charge in [0.15, 0.2) is 5.17 Å².